The zero-order valence-corrected chi connectivity index (χ0v) is 20.3. The van der Waals surface area contributed by atoms with Gasteiger partial charge in [0, 0.05) is 42.7 Å². The number of anilines is 1. The molecule has 0 spiro atoms. The molecule has 0 saturated carbocycles. The third-order valence-electron chi connectivity index (χ3n) is 6.71. The highest BCUT2D eigenvalue weighted by molar-refractivity contribution is 5.93. The minimum absolute atomic E-state index is 0.0825. The van der Waals surface area contributed by atoms with Crippen LogP contribution >= 0.6 is 0 Å². The molecule has 3 aromatic heterocycles. The molecule has 6 rings (SSSR count). The van der Waals surface area contributed by atoms with Gasteiger partial charge in [0.2, 0.25) is 0 Å². The fourth-order valence-electron chi connectivity index (χ4n) is 4.82. The fraction of sp³-hybridized carbons (Fsp3) is 0.462. The van der Waals surface area contributed by atoms with Crippen molar-refractivity contribution in [2.75, 3.05) is 25.6 Å². The van der Waals surface area contributed by atoms with E-state index >= 15 is 0 Å². The normalized spacial score (nSPS) is 20.7. The third-order valence-corrected chi connectivity index (χ3v) is 6.71. The molecule has 36 heavy (non-hydrogen) atoms. The van der Waals surface area contributed by atoms with Crippen LogP contribution in [0.4, 0.5) is 5.69 Å². The van der Waals surface area contributed by atoms with Gasteiger partial charge in [0.15, 0.2) is 24.2 Å². The quantitative estimate of drug-likeness (QED) is 0.387. The highest BCUT2D eigenvalue weighted by Crippen LogP contribution is 2.32. The number of nitrogens with two attached hydrogens (primary N) is 1. The Balaban J connectivity index is 1.24. The average Bonchev–Trinajstić information content (AvgIpc) is 3.55. The Bertz CT molecular complexity index is 1320. The van der Waals surface area contributed by atoms with E-state index in [1.165, 1.54) is 0 Å². The van der Waals surface area contributed by atoms with Crippen LogP contribution in [0, 0.1) is 0 Å². The van der Waals surface area contributed by atoms with Gasteiger partial charge in [0.1, 0.15) is 5.69 Å². The van der Waals surface area contributed by atoms with Crippen LogP contribution in [-0.2, 0) is 20.6 Å². The van der Waals surface area contributed by atoms with Gasteiger partial charge in [-0.05, 0) is 68.7 Å². The highest BCUT2D eigenvalue weighted by Gasteiger charge is 2.23. The van der Waals surface area contributed by atoms with Crippen molar-refractivity contribution < 1.29 is 14.2 Å². The Hall–Kier alpha value is -3.34. The lowest BCUT2D eigenvalue weighted by Gasteiger charge is -2.23. The minimum Gasteiger partial charge on any atom is -0.399 e. The van der Waals surface area contributed by atoms with Gasteiger partial charge in [-0.1, -0.05) is 0 Å². The Morgan fingerprint density at radius 2 is 1.94 bits per heavy atom. The van der Waals surface area contributed by atoms with Crippen LogP contribution in [-0.4, -0.2) is 55.6 Å². The molecule has 10 nitrogen and oxygen atoms in total. The molecule has 2 saturated heterocycles. The summed E-state index contributed by atoms with van der Waals surface area (Å²) in [5, 5.41) is 10.3. The number of benzene rings is 1. The lowest BCUT2D eigenvalue weighted by molar-refractivity contribution is -0.161. The average molecular weight is 490 g/mol. The van der Waals surface area contributed by atoms with E-state index in [0.29, 0.717) is 29.6 Å². The molecular formula is C26H31N7O3. The molecule has 2 unspecified atom stereocenters. The van der Waals surface area contributed by atoms with Crippen molar-refractivity contribution in [3.05, 3.63) is 48.4 Å². The fourth-order valence-corrected chi connectivity index (χ4v) is 4.82. The molecule has 188 valence electrons. The van der Waals surface area contributed by atoms with Crippen LogP contribution in [0.2, 0.25) is 0 Å². The monoisotopic (exact) mass is 489 g/mol. The minimum atomic E-state index is -0.100. The lowest BCUT2D eigenvalue weighted by atomic mass is 10.1. The third kappa shape index (κ3) is 4.84. The summed E-state index contributed by atoms with van der Waals surface area (Å²) in [5.74, 6) is 1.19. The van der Waals surface area contributed by atoms with Crippen molar-refractivity contribution in [3.63, 3.8) is 0 Å². The predicted octanol–water partition coefficient (Wildman–Crippen LogP) is 4.05. The number of rotatable bonds is 7. The summed E-state index contributed by atoms with van der Waals surface area (Å²) in [6.45, 7) is 2.12. The van der Waals surface area contributed by atoms with Crippen LogP contribution in [0.25, 0.3) is 28.2 Å². The molecule has 1 aromatic carbocycles. The first-order valence-corrected chi connectivity index (χ1v) is 12.7. The predicted molar refractivity (Wildman–Crippen MR) is 134 cm³/mol. The SMILES string of the molecule is Nc1ccc2c(c1)c(-c1nccc(-n3cc(CCOC4CCCCO4)cn3)n1)nn2C1CCCCO1. The van der Waals surface area contributed by atoms with Crippen LogP contribution in [0.5, 0.6) is 0 Å². The maximum atomic E-state index is 6.13. The second-order valence-corrected chi connectivity index (χ2v) is 9.34. The van der Waals surface area contributed by atoms with Gasteiger partial charge in [-0.2, -0.15) is 10.2 Å². The first-order chi connectivity index (χ1) is 17.7. The Kier molecular flexibility index (Phi) is 6.63. The van der Waals surface area contributed by atoms with Crippen LogP contribution in [0.15, 0.2) is 42.9 Å². The molecule has 2 atom stereocenters. The zero-order valence-electron chi connectivity index (χ0n) is 20.3. The van der Waals surface area contributed by atoms with E-state index in [4.69, 9.17) is 30.0 Å². The maximum Gasteiger partial charge on any atom is 0.182 e. The van der Waals surface area contributed by atoms with Crippen molar-refractivity contribution in [1.29, 1.82) is 0 Å². The Morgan fingerprint density at radius 3 is 2.78 bits per heavy atom. The van der Waals surface area contributed by atoms with Crippen LogP contribution in [0.3, 0.4) is 0 Å². The summed E-state index contributed by atoms with van der Waals surface area (Å²) in [7, 11) is 0. The smallest absolute Gasteiger partial charge is 0.182 e. The molecule has 0 aliphatic carbocycles. The molecule has 5 heterocycles. The van der Waals surface area contributed by atoms with E-state index < -0.39 is 0 Å². The van der Waals surface area contributed by atoms with Gasteiger partial charge in [-0.25, -0.2) is 19.3 Å². The molecule has 10 heteroatoms. The summed E-state index contributed by atoms with van der Waals surface area (Å²) in [5.41, 5.74) is 9.51. The van der Waals surface area contributed by atoms with Crippen molar-refractivity contribution in [3.8, 4) is 17.3 Å². The van der Waals surface area contributed by atoms with Crippen molar-refractivity contribution >= 4 is 16.6 Å². The van der Waals surface area contributed by atoms with Crippen LogP contribution < -0.4 is 5.73 Å². The lowest BCUT2D eigenvalue weighted by Crippen LogP contribution is -2.23. The second kappa shape index (κ2) is 10.3. The summed E-state index contributed by atoms with van der Waals surface area (Å²) < 4.78 is 21.2. The molecule has 2 aliphatic rings. The molecule has 2 N–H and O–H groups in total. The Morgan fingerprint density at radius 1 is 1.06 bits per heavy atom. The zero-order chi connectivity index (χ0) is 24.3. The summed E-state index contributed by atoms with van der Waals surface area (Å²) >= 11 is 0. The molecular weight excluding hydrogens is 458 g/mol. The molecule has 2 fully saturated rings. The number of ether oxygens (including phenoxy) is 3. The summed E-state index contributed by atoms with van der Waals surface area (Å²) in [6.07, 6.45) is 12.5. The van der Waals surface area contributed by atoms with Crippen molar-refractivity contribution in [2.45, 2.75) is 57.5 Å². The molecule has 2 aliphatic heterocycles. The van der Waals surface area contributed by atoms with Gasteiger partial charge in [0.05, 0.1) is 18.3 Å². The van der Waals surface area contributed by atoms with Gasteiger partial charge < -0.3 is 19.9 Å². The Labute approximate surface area is 209 Å². The van der Waals surface area contributed by atoms with Crippen LogP contribution in [0.1, 0.15) is 50.3 Å². The van der Waals surface area contributed by atoms with Crippen molar-refractivity contribution in [1.82, 2.24) is 29.5 Å². The highest BCUT2D eigenvalue weighted by atomic mass is 16.7. The number of hydrogen-bond acceptors (Lipinski definition) is 8. The first-order valence-electron chi connectivity index (χ1n) is 12.7. The van der Waals surface area contributed by atoms with E-state index in [-0.39, 0.29) is 12.5 Å². The second-order valence-electron chi connectivity index (χ2n) is 9.34. The first kappa shape index (κ1) is 23.1. The summed E-state index contributed by atoms with van der Waals surface area (Å²) in [4.78, 5) is 9.34. The molecule has 0 amide bonds. The molecule has 0 bridgehead atoms. The van der Waals surface area contributed by atoms with E-state index in [1.54, 1.807) is 10.9 Å². The molecule has 4 aromatic rings. The van der Waals surface area contributed by atoms with E-state index in [1.807, 2.05) is 41.3 Å². The largest absolute Gasteiger partial charge is 0.399 e. The standard InChI is InChI=1S/C26H31N7O3/c27-19-7-8-21-20(15-19)25(31-33(21)23-5-1-3-12-34-23)26-28-11-9-22(30-26)32-17-18(16-29-32)10-14-36-24-6-2-4-13-35-24/h7-9,11,15-17,23-24H,1-6,10,12-14,27H2. The number of hydrogen-bond donors (Lipinski definition) is 1. The van der Waals surface area contributed by atoms with E-state index in [9.17, 15) is 0 Å². The van der Waals surface area contributed by atoms with E-state index in [2.05, 4.69) is 10.1 Å². The van der Waals surface area contributed by atoms with Gasteiger partial charge >= 0.3 is 0 Å². The topological polar surface area (TPSA) is 115 Å². The van der Waals surface area contributed by atoms with Gasteiger partial charge in [0.25, 0.3) is 0 Å². The van der Waals surface area contributed by atoms with Gasteiger partial charge in [-0.15, -0.1) is 0 Å². The number of aromatic nitrogens is 6. The number of fused-ring (bicyclic) bond motifs is 1. The summed E-state index contributed by atoms with van der Waals surface area (Å²) in [6, 6.07) is 7.64. The number of nitrogens with zero attached hydrogens (tertiary/aromatic N) is 6. The van der Waals surface area contributed by atoms with Gasteiger partial charge in [-0.3, -0.25) is 0 Å². The molecule has 0 radical (unpaired) electrons. The number of nitrogen functional groups attached to an aromatic ring is 1. The van der Waals surface area contributed by atoms with E-state index in [0.717, 1.165) is 74.6 Å². The maximum absolute atomic E-state index is 6.13. The van der Waals surface area contributed by atoms with Crippen molar-refractivity contribution in [2.24, 2.45) is 0 Å².